The molecule has 0 bridgehead atoms. The van der Waals surface area contributed by atoms with Crippen molar-refractivity contribution in [3.63, 3.8) is 0 Å². The number of rotatable bonds is 3. The number of halogens is 1. The van der Waals surface area contributed by atoms with Crippen molar-refractivity contribution in [1.29, 1.82) is 0 Å². The highest BCUT2D eigenvalue weighted by molar-refractivity contribution is 5.97. The topological polar surface area (TPSA) is 40.5 Å². The number of aliphatic hydroxyl groups excluding tert-OH is 1. The number of hydrogen-bond acceptors (Lipinski definition) is 2. The largest absolute Gasteiger partial charge is 0.384 e. The van der Waals surface area contributed by atoms with Crippen LogP contribution in [0.1, 0.15) is 36.7 Å². The molecule has 1 rings (SSSR count). The zero-order valence-electron chi connectivity index (χ0n) is 11.4. The SMILES string of the molecule is CCN(C(=O)c1cc(F)ccc1C#CCO)C(C)C. The Hall–Kier alpha value is -1.86. The van der Waals surface area contributed by atoms with Crippen molar-refractivity contribution in [2.45, 2.75) is 26.8 Å². The van der Waals surface area contributed by atoms with E-state index in [1.807, 2.05) is 20.8 Å². The molecule has 4 heteroatoms. The highest BCUT2D eigenvalue weighted by atomic mass is 19.1. The van der Waals surface area contributed by atoms with Gasteiger partial charge in [0.05, 0.1) is 5.56 Å². The van der Waals surface area contributed by atoms with Gasteiger partial charge in [0.25, 0.3) is 5.91 Å². The Morgan fingerprint density at radius 2 is 2.16 bits per heavy atom. The number of benzene rings is 1. The van der Waals surface area contributed by atoms with Gasteiger partial charge in [0.1, 0.15) is 12.4 Å². The minimum Gasteiger partial charge on any atom is -0.384 e. The van der Waals surface area contributed by atoms with Crippen molar-refractivity contribution in [1.82, 2.24) is 4.90 Å². The highest BCUT2D eigenvalue weighted by Crippen LogP contribution is 2.15. The van der Waals surface area contributed by atoms with Gasteiger partial charge in [0, 0.05) is 18.2 Å². The summed E-state index contributed by atoms with van der Waals surface area (Å²) in [5.74, 6) is 4.43. The molecule has 0 aliphatic carbocycles. The van der Waals surface area contributed by atoms with Gasteiger partial charge < -0.3 is 10.0 Å². The summed E-state index contributed by atoms with van der Waals surface area (Å²) in [6.45, 7) is 5.92. The Balaban J connectivity index is 3.23. The molecule has 0 unspecified atom stereocenters. The van der Waals surface area contributed by atoms with E-state index in [2.05, 4.69) is 11.8 Å². The molecule has 0 aromatic heterocycles. The molecular formula is C15H18FNO2. The van der Waals surface area contributed by atoms with Crippen molar-refractivity contribution in [2.75, 3.05) is 13.2 Å². The first-order chi connectivity index (χ1) is 9.01. The molecule has 0 aliphatic heterocycles. The summed E-state index contributed by atoms with van der Waals surface area (Å²) in [7, 11) is 0. The van der Waals surface area contributed by atoms with E-state index in [-0.39, 0.29) is 24.1 Å². The number of hydrogen-bond donors (Lipinski definition) is 1. The van der Waals surface area contributed by atoms with E-state index in [1.54, 1.807) is 4.90 Å². The third kappa shape index (κ3) is 3.80. The predicted octanol–water partition coefficient (Wildman–Crippen LogP) is 2.04. The molecule has 0 spiro atoms. The van der Waals surface area contributed by atoms with Crippen LogP contribution in [0.15, 0.2) is 18.2 Å². The third-order valence-corrected chi connectivity index (χ3v) is 2.74. The van der Waals surface area contributed by atoms with E-state index in [0.29, 0.717) is 12.1 Å². The number of aliphatic hydroxyl groups is 1. The second kappa shape index (κ2) is 6.91. The summed E-state index contributed by atoms with van der Waals surface area (Å²) in [4.78, 5) is 14.0. The van der Waals surface area contributed by atoms with Crippen LogP contribution in [-0.4, -0.2) is 35.1 Å². The first-order valence-electron chi connectivity index (χ1n) is 6.21. The Bertz CT molecular complexity index is 515. The van der Waals surface area contributed by atoms with Gasteiger partial charge in [-0.3, -0.25) is 4.79 Å². The number of amides is 1. The van der Waals surface area contributed by atoms with Crippen LogP contribution in [0.4, 0.5) is 4.39 Å². The summed E-state index contributed by atoms with van der Waals surface area (Å²) in [5.41, 5.74) is 0.663. The Morgan fingerprint density at radius 3 is 2.68 bits per heavy atom. The van der Waals surface area contributed by atoms with Gasteiger partial charge in [-0.1, -0.05) is 11.8 Å². The Morgan fingerprint density at radius 1 is 1.47 bits per heavy atom. The lowest BCUT2D eigenvalue weighted by Gasteiger charge is -2.25. The molecule has 0 atom stereocenters. The molecule has 3 nitrogen and oxygen atoms in total. The zero-order chi connectivity index (χ0) is 14.4. The van der Waals surface area contributed by atoms with Crippen molar-refractivity contribution in [3.05, 3.63) is 35.1 Å². The molecule has 1 N–H and O–H groups in total. The molecule has 19 heavy (non-hydrogen) atoms. The van der Waals surface area contributed by atoms with E-state index in [9.17, 15) is 9.18 Å². The molecular weight excluding hydrogens is 245 g/mol. The van der Waals surface area contributed by atoms with Gasteiger partial charge in [-0.15, -0.1) is 0 Å². The van der Waals surface area contributed by atoms with Crippen molar-refractivity contribution in [2.24, 2.45) is 0 Å². The lowest BCUT2D eigenvalue weighted by atomic mass is 10.1. The third-order valence-electron chi connectivity index (χ3n) is 2.74. The fourth-order valence-electron chi connectivity index (χ4n) is 1.84. The summed E-state index contributed by atoms with van der Waals surface area (Å²) in [6.07, 6.45) is 0. The summed E-state index contributed by atoms with van der Waals surface area (Å²) < 4.78 is 13.3. The minimum atomic E-state index is -0.474. The van der Waals surface area contributed by atoms with Gasteiger partial charge in [0.15, 0.2) is 0 Å². The Labute approximate surface area is 113 Å². The fraction of sp³-hybridized carbons (Fsp3) is 0.400. The van der Waals surface area contributed by atoms with E-state index in [1.165, 1.54) is 18.2 Å². The normalized spacial score (nSPS) is 10.0. The van der Waals surface area contributed by atoms with Crippen LogP contribution in [0.5, 0.6) is 0 Å². The van der Waals surface area contributed by atoms with Crippen LogP contribution in [0.2, 0.25) is 0 Å². The van der Waals surface area contributed by atoms with Crippen LogP contribution in [0.25, 0.3) is 0 Å². The standard InChI is InChI=1S/C15H18FNO2/c1-4-17(11(2)3)15(19)14-10-13(16)8-7-12(14)6-5-9-18/h7-8,10-11,18H,4,9H2,1-3H3. The second-order valence-corrected chi connectivity index (χ2v) is 4.33. The maximum atomic E-state index is 13.3. The average Bonchev–Trinajstić information content (AvgIpc) is 2.37. The van der Waals surface area contributed by atoms with Gasteiger partial charge in [-0.25, -0.2) is 4.39 Å². The quantitative estimate of drug-likeness (QED) is 0.848. The maximum absolute atomic E-state index is 13.3. The van der Waals surface area contributed by atoms with Gasteiger partial charge in [0.2, 0.25) is 0 Å². The van der Waals surface area contributed by atoms with Gasteiger partial charge in [-0.2, -0.15) is 0 Å². The van der Waals surface area contributed by atoms with Crippen LogP contribution < -0.4 is 0 Å². The lowest BCUT2D eigenvalue weighted by Crippen LogP contribution is -2.37. The lowest BCUT2D eigenvalue weighted by molar-refractivity contribution is 0.0716. The van der Waals surface area contributed by atoms with Crippen LogP contribution in [-0.2, 0) is 0 Å². The maximum Gasteiger partial charge on any atom is 0.255 e. The van der Waals surface area contributed by atoms with Crippen molar-refractivity contribution >= 4 is 5.91 Å². The number of carbonyl (C=O) groups excluding carboxylic acids is 1. The first kappa shape index (κ1) is 15.2. The second-order valence-electron chi connectivity index (χ2n) is 4.33. The molecule has 1 amide bonds. The molecule has 1 aromatic rings. The zero-order valence-corrected chi connectivity index (χ0v) is 11.4. The van der Waals surface area contributed by atoms with Gasteiger partial charge in [-0.05, 0) is 39.0 Å². The fourth-order valence-corrected chi connectivity index (χ4v) is 1.84. The van der Waals surface area contributed by atoms with Crippen LogP contribution in [0.3, 0.4) is 0 Å². The van der Waals surface area contributed by atoms with E-state index in [0.717, 1.165) is 0 Å². The molecule has 0 heterocycles. The van der Waals surface area contributed by atoms with Gasteiger partial charge >= 0.3 is 0 Å². The molecule has 0 aliphatic rings. The van der Waals surface area contributed by atoms with E-state index in [4.69, 9.17) is 5.11 Å². The summed E-state index contributed by atoms with van der Waals surface area (Å²) >= 11 is 0. The minimum absolute atomic E-state index is 0.0272. The van der Waals surface area contributed by atoms with Crippen LogP contribution in [0, 0.1) is 17.7 Å². The number of nitrogens with zero attached hydrogens (tertiary/aromatic N) is 1. The van der Waals surface area contributed by atoms with Crippen molar-refractivity contribution in [3.8, 4) is 11.8 Å². The average molecular weight is 263 g/mol. The summed E-state index contributed by atoms with van der Waals surface area (Å²) in [6, 6.07) is 3.93. The molecule has 0 radical (unpaired) electrons. The predicted molar refractivity (Wildman–Crippen MR) is 72.2 cm³/mol. The number of carbonyl (C=O) groups is 1. The molecule has 0 saturated heterocycles. The Kier molecular flexibility index (Phi) is 5.53. The molecule has 102 valence electrons. The first-order valence-corrected chi connectivity index (χ1v) is 6.21. The van der Waals surface area contributed by atoms with Crippen LogP contribution >= 0.6 is 0 Å². The molecule has 0 fully saturated rings. The summed E-state index contributed by atoms with van der Waals surface area (Å²) in [5, 5.41) is 8.71. The molecule has 1 aromatic carbocycles. The smallest absolute Gasteiger partial charge is 0.255 e. The van der Waals surface area contributed by atoms with Crippen molar-refractivity contribution < 1.29 is 14.3 Å². The van der Waals surface area contributed by atoms with E-state index < -0.39 is 5.82 Å². The van der Waals surface area contributed by atoms with E-state index >= 15 is 0 Å². The molecule has 0 saturated carbocycles. The monoisotopic (exact) mass is 263 g/mol. The highest BCUT2D eigenvalue weighted by Gasteiger charge is 2.20.